The molecule has 1 amide bonds. The Morgan fingerprint density at radius 2 is 2.29 bits per heavy atom. The monoisotopic (exact) mass is 259 g/mol. The Morgan fingerprint density at radius 1 is 1.50 bits per heavy atom. The molecule has 0 aliphatic rings. The molecule has 0 saturated heterocycles. The van der Waals surface area contributed by atoms with Gasteiger partial charge in [-0.1, -0.05) is 22.0 Å². The van der Waals surface area contributed by atoms with Crippen molar-refractivity contribution in [3.05, 3.63) is 35.6 Å². The van der Waals surface area contributed by atoms with E-state index >= 15 is 0 Å². The minimum Gasteiger partial charge on any atom is -0.352 e. The molecule has 1 aromatic rings. The van der Waals surface area contributed by atoms with E-state index in [-0.39, 0.29) is 5.91 Å². The maximum atomic E-state index is 12.7. The van der Waals surface area contributed by atoms with Crippen molar-refractivity contribution in [3.63, 3.8) is 0 Å². The Hall–Kier alpha value is -0.900. The number of nitrogens with one attached hydrogen (secondary N) is 1. The quantitative estimate of drug-likeness (QED) is 0.653. The number of hydrogen-bond donors (Lipinski definition) is 1. The van der Waals surface area contributed by atoms with Gasteiger partial charge in [-0.05, 0) is 24.6 Å². The summed E-state index contributed by atoms with van der Waals surface area (Å²) < 4.78 is 12.7. The maximum absolute atomic E-state index is 12.7. The molecule has 0 aromatic heterocycles. The molecular formula is C10H11BrFNO. The first-order valence-electron chi connectivity index (χ1n) is 4.34. The van der Waals surface area contributed by atoms with Crippen LogP contribution < -0.4 is 5.32 Å². The van der Waals surface area contributed by atoms with E-state index in [2.05, 4.69) is 21.2 Å². The van der Waals surface area contributed by atoms with Crippen LogP contribution in [-0.4, -0.2) is 17.8 Å². The van der Waals surface area contributed by atoms with Crippen molar-refractivity contribution in [2.45, 2.75) is 6.42 Å². The van der Waals surface area contributed by atoms with Gasteiger partial charge in [0.05, 0.1) is 0 Å². The molecule has 4 heteroatoms. The molecule has 0 fully saturated rings. The number of hydrogen-bond acceptors (Lipinski definition) is 1. The van der Waals surface area contributed by atoms with Gasteiger partial charge in [-0.15, -0.1) is 0 Å². The van der Waals surface area contributed by atoms with Crippen LogP contribution in [-0.2, 0) is 0 Å². The minimum absolute atomic E-state index is 0.231. The third kappa shape index (κ3) is 3.46. The summed E-state index contributed by atoms with van der Waals surface area (Å²) in [5, 5.41) is 3.54. The second kappa shape index (κ2) is 5.75. The molecule has 76 valence electrons. The van der Waals surface area contributed by atoms with E-state index in [9.17, 15) is 9.18 Å². The molecule has 1 rings (SSSR count). The lowest BCUT2D eigenvalue weighted by Gasteiger charge is -2.03. The average molecular weight is 260 g/mol. The zero-order chi connectivity index (χ0) is 10.4. The summed E-state index contributed by atoms with van der Waals surface area (Å²) in [6.45, 7) is 0.598. The number of alkyl halides is 1. The predicted molar refractivity (Wildman–Crippen MR) is 57.1 cm³/mol. The SMILES string of the molecule is O=C(NCCCBr)c1cccc(F)c1. The van der Waals surface area contributed by atoms with E-state index in [1.54, 1.807) is 6.07 Å². The van der Waals surface area contributed by atoms with Gasteiger partial charge in [0.15, 0.2) is 0 Å². The standard InChI is InChI=1S/C10H11BrFNO/c11-5-2-6-13-10(14)8-3-1-4-9(12)7-8/h1,3-4,7H,2,5-6H2,(H,13,14). The molecule has 0 atom stereocenters. The first-order valence-corrected chi connectivity index (χ1v) is 5.46. The molecule has 0 heterocycles. The van der Waals surface area contributed by atoms with E-state index in [1.165, 1.54) is 18.2 Å². The molecule has 2 nitrogen and oxygen atoms in total. The summed E-state index contributed by atoms with van der Waals surface area (Å²) in [4.78, 5) is 11.4. The molecule has 0 unspecified atom stereocenters. The van der Waals surface area contributed by atoms with Gasteiger partial charge in [0.2, 0.25) is 0 Å². The second-order valence-corrected chi connectivity index (χ2v) is 3.60. The highest BCUT2D eigenvalue weighted by Crippen LogP contribution is 2.02. The Bertz CT molecular complexity index is 317. The maximum Gasteiger partial charge on any atom is 0.251 e. The Morgan fingerprint density at radius 3 is 2.93 bits per heavy atom. The van der Waals surface area contributed by atoms with Crippen LogP contribution in [0.2, 0.25) is 0 Å². The normalized spacial score (nSPS) is 9.86. The van der Waals surface area contributed by atoms with Gasteiger partial charge >= 0.3 is 0 Å². The number of rotatable bonds is 4. The molecular weight excluding hydrogens is 249 g/mol. The zero-order valence-electron chi connectivity index (χ0n) is 7.59. The molecule has 0 aliphatic heterocycles. The smallest absolute Gasteiger partial charge is 0.251 e. The van der Waals surface area contributed by atoms with E-state index in [4.69, 9.17) is 0 Å². The molecule has 1 aromatic carbocycles. The topological polar surface area (TPSA) is 29.1 Å². The number of carbonyl (C=O) groups is 1. The van der Waals surface area contributed by atoms with E-state index in [0.29, 0.717) is 12.1 Å². The number of carbonyl (C=O) groups excluding carboxylic acids is 1. The van der Waals surface area contributed by atoms with Crippen molar-refractivity contribution in [3.8, 4) is 0 Å². The van der Waals surface area contributed by atoms with Crippen LogP contribution in [0.15, 0.2) is 24.3 Å². The van der Waals surface area contributed by atoms with Crippen LogP contribution in [0, 0.1) is 5.82 Å². The summed E-state index contributed by atoms with van der Waals surface area (Å²) >= 11 is 3.26. The molecule has 0 spiro atoms. The highest BCUT2D eigenvalue weighted by molar-refractivity contribution is 9.09. The van der Waals surface area contributed by atoms with Gasteiger partial charge in [0, 0.05) is 17.4 Å². The fraction of sp³-hybridized carbons (Fsp3) is 0.300. The molecule has 0 aliphatic carbocycles. The number of benzene rings is 1. The van der Waals surface area contributed by atoms with Gasteiger partial charge < -0.3 is 5.32 Å². The molecule has 14 heavy (non-hydrogen) atoms. The van der Waals surface area contributed by atoms with Crippen LogP contribution in [0.25, 0.3) is 0 Å². The lowest BCUT2D eigenvalue weighted by molar-refractivity contribution is 0.0953. The van der Waals surface area contributed by atoms with Crippen molar-refractivity contribution >= 4 is 21.8 Å². The van der Waals surface area contributed by atoms with Gasteiger partial charge in [0.25, 0.3) is 5.91 Å². The van der Waals surface area contributed by atoms with Crippen molar-refractivity contribution in [2.24, 2.45) is 0 Å². The molecule has 0 bridgehead atoms. The summed E-state index contributed by atoms with van der Waals surface area (Å²) in [6, 6.07) is 5.65. The summed E-state index contributed by atoms with van der Waals surface area (Å²) in [5.74, 6) is -0.622. The molecule has 0 radical (unpaired) electrons. The van der Waals surface area contributed by atoms with Crippen LogP contribution in [0.3, 0.4) is 0 Å². The number of halogens is 2. The van der Waals surface area contributed by atoms with Crippen molar-refractivity contribution in [1.29, 1.82) is 0 Å². The fourth-order valence-electron chi connectivity index (χ4n) is 1.00. The Balaban J connectivity index is 2.52. The van der Waals surface area contributed by atoms with Gasteiger partial charge in [-0.3, -0.25) is 4.79 Å². The van der Waals surface area contributed by atoms with E-state index in [0.717, 1.165) is 11.8 Å². The Labute approximate surface area is 90.6 Å². The zero-order valence-corrected chi connectivity index (χ0v) is 9.18. The van der Waals surface area contributed by atoms with Crippen LogP contribution >= 0.6 is 15.9 Å². The summed E-state index contributed by atoms with van der Waals surface area (Å²) in [7, 11) is 0. The lowest BCUT2D eigenvalue weighted by Crippen LogP contribution is -2.24. The van der Waals surface area contributed by atoms with Gasteiger partial charge in [-0.2, -0.15) is 0 Å². The second-order valence-electron chi connectivity index (χ2n) is 2.81. The summed E-state index contributed by atoms with van der Waals surface area (Å²) in [6.07, 6.45) is 0.862. The Kier molecular flexibility index (Phi) is 4.59. The van der Waals surface area contributed by atoms with Gasteiger partial charge in [-0.25, -0.2) is 4.39 Å². The highest BCUT2D eigenvalue weighted by Gasteiger charge is 2.04. The van der Waals surface area contributed by atoms with Crippen molar-refractivity contribution in [1.82, 2.24) is 5.32 Å². The van der Waals surface area contributed by atoms with Crippen LogP contribution in [0.5, 0.6) is 0 Å². The van der Waals surface area contributed by atoms with Crippen molar-refractivity contribution in [2.75, 3.05) is 11.9 Å². The highest BCUT2D eigenvalue weighted by atomic mass is 79.9. The van der Waals surface area contributed by atoms with Crippen molar-refractivity contribution < 1.29 is 9.18 Å². The largest absolute Gasteiger partial charge is 0.352 e. The number of amides is 1. The van der Waals surface area contributed by atoms with Crippen LogP contribution in [0.4, 0.5) is 4.39 Å². The average Bonchev–Trinajstić information content (AvgIpc) is 2.18. The molecule has 0 saturated carbocycles. The third-order valence-corrected chi connectivity index (χ3v) is 2.24. The lowest BCUT2D eigenvalue weighted by atomic mass is 10.2. The van der Waals surface area contributed by atoms with Gasteiger partial charge in [0.1, 0.15) is 5.82 Å². The summed E-state index contributed by atoms with van der Waals surface area (Å²) in [5.41, 5.74) is 0.361. The predicted octanol–water partition coefficient (Wildman–Crippen LogP) is 2.34. The fourth-order valence-corrected chi connectivity index (χ4v) is 1.28. The van der Waals surface area contributed by atoms with Crippen LogP contribution in [0.1, 0.15) is 16.8 Å². The molecule has 1 N–H and O–H groups in total. The van der Waals surface area contributed by atoms with E-state index < -0.39 is 5.82 Å². The van der Waals surface area contributed by atoms with E-state index in [1.807, 2.05) is 0 Å². The first-order chi connectivity index (χ1) is 6.74. The first kappa shape index (κ1) is 11.2. The minimum atomic E-state index is -0.391. The third-order valence-electron chi connectivity index (χ3n) is 1.68.